The molecule has 0 rings (SSSR count). The molecule has 22 heavy (non-hydrogen) atoms. The smallest absolute Gasteiger partial charge is 0.258 e. The highest BCUT2D eigenvalue weighted by Gasteiger charge is 2.59. The Hall–Kier alpha value is -4.12. The average Bonchev–Trinajstić information content (AvgIpc) is 2.30. The van der Waals surface area contributed by atoms with Crippen molar-refractivity contribution in [3.05, 3.63) is 83.7 Å². The second-order valence-corrected chi connectivity index (χ2v) is 2.89. The van der Waals surface area contributed by atoms with Gasteiger partial charge in [-0.25, -0.2) is 0 Å². The number of nitrogens with zero attached hydrogens (tertiary/aromatic N) is 6. The Labute approximate surface area is 114 Å². The monoisotopic (exact) mass is 324 g/mol. The van der Waals surface area contributed by atoms with Crippen LogP contribution in [0.4, 0.5) is 0 Å². The fourth-order valence-corrected chi connectivity index (χ4v) is 1.03. The molecule has 0 bridgehead atoms. The summed E-state index contributed by atoms with van der Waals surface area (Å²) in [7, 11) is 0. The van der Waals surface area contributed by atoms with Crippen LogP contribution in [-0.4, -0.2) is 29.5 Å². The highest BCUT2D eigenvalue weighted by Crippen LogP contribution is 2.22. The predicted octanol–water partition coefficient (Wildman–Crippen LogP) is -1.02. The van der Waals surface area contributed by atoms with Gasteiger partial charge in [-0.15, -0.1) is 0 Å². The molecule has 0 amide bonds. The molecule has 18 heteroatoms. The minimum Gasteiger partial charge on any atom is -0.258 e. The van der Waals surface area contributed by atoms with E-state index in [9.17, 15) is 60.7 Å². The van der Waals surface area contributed by atoms with Gasteiger partial charge in [-0.2, -0.15) is 0 Å². The van der Waals surface area contributed by atoms with Gasteiger partial charge in [0.1, 0.15) is 19.7 Å². The third-order valence-corrected chi connectivity index (χ3v) is 1.70. The van der Waals surface area contributed by atoms with E-state index in [0.29, 0.717) is 0 Å². The number of hydrogen-bond donors (Lipinski definition) is 0. The lowest BCUT2D eigenvalue weighted by Crippen LogP contribution is -2.25. The number of hydrogen-bond acceptors (Lipinski definition) is 12. The number of nitro groups is 6. The molecule has 0 aromatic rings. The average molecular weight is 324 g/mol. The second kappa shape index (κ2) is 6.36. The molecule has 0 aliphatic carbocycles. The molecule has 0 aliphatic rings. The maximum absolute atomic E-state index is 10.6. The van der Waals surface area contributed by atoms with Crippen molar-refractivity contribution in [1.29, 1.82) is 0 Å². The van der Waals surface area contributed by atoms with Crippen LogP contribution >= 0.6 is 0 Å². The van der Waals surface area contributed by atoms with Gasteiger partial charge in [0.25, 0.3) is 0 Å². The maximum Gasteiger partial charge on any atom is 0.645 e. The third kappa shape index (κ3) is 3.46. The highest BCUT2D eigenvalue weighted by atomic mass is 16.7. The molecule has 0 fully saturated rings. The summed E-state index contributed by atoms with van der Waals surface area (Å²) in [6.45, 7) is 0. The minimum atomic E-state index is -2.64. The molecule has 0 atom stereocenters. The molecule has 0 saturated heterocycles. The summed E-state index contributed by atoms with van der Waals surface area (Å²) < 4.78 is 0. The van der Waals surface area contributed by atoms with Crippen molar-refractivity contribution < 1.29 is 29.5 Å². The van der Waals surface area contributed by atoms with Gasteiger partial charge < -0.3 is 0 Å². The largest absolute Gasteiger partial charge is 0.645 e. The van der Waals surface area contributed by atoms with Crippen molar-refractivity contribution in [3.63, 3.8) is 0 Å². The molecule has 0 heterocycles. The van der Waals surface area contributed by atoms with Crippen molar-refractivity contribution >= 4 is 0 Å². The van der Waals surface area contributed by atoms with Gasteiger partial charge in [0, 0.05) is 0 Å². The van der Waals surface area contributed by atoms with Gasteiger partial charge in [0.2, 0.25) is 0 Å². The lowest BCUT2D eigenvalue weighted by Gasteiger charge is -1.93. The second-order valence-electron chi connectivity index (χ2n) is 2.89. The fourth-order valence-electron chi connectivity index (χ4n) is 1.03. The van der Waals surface area contributed by atoms with Crippen LogP contribution in [0.3, 0.4) is 0 Å². The molecule has 0 N–H and O–H groups in total. The van der Waals surface area contributed by atoms with Gasteiger partial charge in [-0.1, -0.05) is 0 Å². The summed E-state index contributed by atoms with van der Waals surface area (Å²) in [5, 5.41) is 62.8. The SMILES string of the molecule is O=[N+]([O-])C(C(=C([N+](=O)[O-])[N+](=O)[O-])[N+](=O)[O-])=C([N+](=O)[O-])[N+](=O)[O-]. The Morgan fingerprint density at radius 3 is 0.682 bits per heavy atom. The first-order valence-corrected chi connectivity index (χ1v) is 4.28. The van der Waals surface area contributed by atoms with Crippen LogP contribution < -0.4 is 0 Å². The molecular weight excluding hydrogens is 324 g/mol. The van der Waals surface area contributed by atoms with Crippen LogP contribution in [0.1, 0.15) is 0 Å². The highest BCUT2D eigenvalue weighted by molar-refractivity contribution is 5.19. The molecule has 0 spiro atoms. The zero-order valence-electron chi connectivity index (χ0n) is 9.58. The van der Waals surface area contributed by atoms with Crippen LogP contribution in [0.15, 0.2) is 23.0 Å². The van der Waals surface area contributed by atoms with E-state index in [1.165, 1.54) is 0 Å². The van der Waals surface area contributed by atoms with Gasteiger partial charge >= 0.3 is 23.0 Å². The van der Waals surface area contributed by atoms with E-state index in [2.05, 4.69) is 0 Å². The summed E-state index contributed by atoms with van der Waals surface area (Å²) in [6.07, 6.45) is 0. The zero-order chi connectivity index (χ0) is 17.8. The summed E-state index contributed by atoms with van der Waals surface area (Å²) in [5.74, 6) is -5.28. The van der Waals surface area contributed by atoms with Crippen LogP contribution in [0.25, 0.3) is 0 Å². The Balaban J connectivity index is 7.22. The predicted molar refractivity (Wildman–Crippen MR) is 56.0 cm³/mol. The summed E-state index contributed by atoms with van der Waals surface area (Å²) in [4.78, 5) is 50.4. The normalized spacial score (nSPS) is 9.27. The van der Waals surface area contributed by atoms with Gasteiger partial charge in [-0.3, -0.25) is 60.7 Å². The Kier molecular flexibility index (Phi) is 5.17. The number of rotatable bonds is 7. The topological polar surface area (TPSA) is 259 Å². The van der Waals surface area contributed by atoms with Gasteiger partial charge in [0.15, 0.2) is 0 Å². The van der Waals surface area contributed by atoms with E-state index >= 15 is 0 Å². The lowest BCUT2D eigenvalue weighted by atomic mass is 10.3. The Morgan fingerprint density at radius 1 is 0.409 bits per heavy atom. The Bertz CT molecular complexity index is 581. The van der Waals surface area contributed by atoms with E-state index in [1.54, 1.807) is 0 Å². The summed E-state index contributed by atoms with van der Waals surface area (Å²) in [6, 6.07) is 0. The molecule has 18 nitrogen and oxygen atoms in total. The molecule has 0 aromatic carbocycles. The molecule has 0 saturated carbocycles. The van der Waals surface area contributed by atoms with E-state index in [1.807, 2.05) is 0 Å². The van der Waals surface area contributed by atoms with Crippen LogP contribution in [0.2, 0.25) is 0 Å². The van der Waals surface area contributed by atoms with Gasteiger partial charge in [0.05, 0.1) is 9.85 Å². The fraction of sp³-hybridized carbons (Fsp3) is 0. The van der Waals surface area contributed by atoms with Gasteiger partial charge in [-0.05, 0) is 0 Å². The van der Waals surface area contributed by atoms with Crippen molar-refractivity contribution in [2.24, 2.45) is 0 Å². The van der Waals surface area contributed by atoms with Crippen LogP contribution in [-0.2, 0) is 0 Å². The van der Waals surface area contributed by atoms with Crippen molar-refractivity contribution in [3.8, 4) is 0 Å². The molecule has 0 aromatic heterocycles. The van der Waals surface area contributed by atoms with Crippen molar-refractivity contribution in [2.75, 3.05) is 0 Å². The maximum atomic E-state index is 10.6. The van der Waals surface area contributed by atoms with E-state index in [-0.39, 0.29) is 0 Å². The molecule has 0 aliphatic heterocycles. The minimum absolute atomic E-state index is 2.06. The third-order valence-electron chi connectivity index (χ3n) is 1.70. The summed E-state index contributed by atoms with van der Waals surface area (Å²) >= 11 is 0. The first-order valence-electron chi connectivity index (χ1n) is 4.28. The molecule has 118 valence electrons. The quantitative estimate of drug-likeness (QED) is 0.309. The molecule has 0 unspecified atom stereocenters. The first kappa shape index (κ1) is 17.9. The van der Waals surface area contributed by atoms with Crippen molar-refractivity contribution in [2.45, 2.75) is 0 Å². The van der Waals surface area contributed by atoms with E-state index < -0.39 is 52.6 Å². The lowest BCUT2D eigenvalue weighted by molar-refractivity contribution is -0.644. The molecular formula is C4N6O12. The van der Waals surface area contributed by atoms with Crippen LogP contribution in [0.5, 0.6) is 0 Å². The first-order chi connectivity index (χ1) is 9.93. The molecule has 0 radical (unpaired) electrons. The van der Waals surface area contributed by atoms with Crippen LogP contribution in [0, 0.1) is 60.7 Å². The summed E-state index contributed by atoms with van der Waals surface area (Å²) in [5.41, 5.74) is -5.22. The van der Waals surface area contributed by atoms with E-state index in [4.69, 9.17) is 0 Å². The zero-order valence-corrected chi connectivity index (χ0v) is 9.58. The standard InChI is InChI=1S/C4N6O12/c11-5(12)1(3(7(15)16)8(17)18)2(6(13)14)4(9(19)20)10(21)22. The van der Waals surface area contributed by atoms with Crippen molar-refractivity contribution in [1.82, 2.24) is 0 Å². The van der Waals surface area contributed by atoms with E-state index in [0.717, 1.165) is 0 Å². The Morgan fingerprint density at radius 2 is 0.591 bits per heavy atom.